The predicted molar refractivity (Wildman–Crippen MR) is 80.9 cm³/mol. The van der Waals surface area contributed by atoms with Crippen molar-refractivity contribution in [2.75, 3.05) is 5.73 Å². The fourth-order valence-electron chi connectivity index (χ4n) is 2.05. The molecular formula is C17H21NO. The lowest BCUT2D eigenvalue weighted by Gasteiger charge is -2.13. The minimum absolute atomic E-state index is 0.491. The van der Waals surface area contributed by atoms with Crippen molar-refractivity contribution >= 4 is 5.69 Å². The number of benzene rings is 2. The normalized spacial score (nSPS) is 10.8. The number of nitrogen functional groups attached to an aromatic ring is 1. The molecule has 2 heteroatoms. The van der Waals surface area contributed by atoms with Crippen LogP contribution >= 0.6 is 0 Å². The van der Waals surface area contributed by atoms with E-state index in [4.69, 9.17) is 10.5 Å². The highest BCUT2D eigenvalue weighted by Crippen LogP contribution is 2.30. The molecule has 0 amide bonds. The highest BCUT2D eigenvalue weighted by Gasteiger charge is 2.06. The van der Waals surface area contributed by atoms with Gasteiger partial charge in [-0.2, -0.15) is 0 Å². The zero-order valence-electron chi connectivity index (χ0n) is 12.0. The summed E-state index contributed by atoms with van der Waals surface area (Å²) in [6, 6.07) is 12.1. The van der Waals surface area contributed by atoms with E-state index in [9.17, 15) is 0 Å². The first-order valence-corrected chi connectivity index (χ1v) is 6.61. The van der Waals surface area contributed by atoms with E-state index < -0.39 is 0 Å². The van der Waals surface area contributed by atoms with E-state index >= 15 is 0 Å². The van der Waals surface area contributed by atoms with Gasteiger partial charge in [0.05, 0.1) is 0 Å². The van der Waals surface area contributed by atoms with E-state index in [0.29, 0.717) is 5.92 Å². The second-order valence-electron chi connectivity index (χ2n) is 5.36. The third-order valence-electron chi connectivity index (χ3n) is 3.18. The topological polar surface area (TPSA) is 35.2 Å². The van der Waals surface area contributed by atoms with Crippen LogP contribution in [0.15, 0.2) is 36.4 Å². The first kappa shape index (κ1) is 13.5. The van der Waals surface area contributed by atoms with E-state index in [0.717, 1.165) is 28.3 Å². The fraction of sp³-hybridized carbons (Fsp3) is 0.294. The van der Waals surface area contributed by atoms with Gasteiger partial charge in [0, 0.05) is 11.8 Å². The summed E-state index contributed by atoms with van der Waals surface area (Å²) in [5.41, 5.74) is 10.1. The second-order valence-corrected chi connectivity index (χ2v) is 5.36. The van der Waals surface area contributed by atoms with Crippen molar-refractivity contribution in [2.24, 2.45) is 0 Å². The van der Waals surface area contributed by atoms with E-state index in [2.05, 4.69) is 39.0 Å². The molecule has 0 radical (unpaired) electrons. The van der Waals surface area contributed by atoms with Crippen molar-refractivity contribution in [3.8, 4) is 11.5 Å². The quantitative estimate of drug-likeness (QED) is 0.799. The number of hydrogen-bond acceptors (Lipinski definition) is 2. The van der Waals surface area contributed by atoms with Gasteiger partial charge in [-0.15, -0.1) is 0 Å². The Morgan fingerprint density at radius 3 is 2.37 bits per heavy atom. The molecule has 0 saturated heterocycles. The van der Waals surface area contributed by atoms with Gasteiger partial charge >= 0.3 is 0 Å². The summed E-state index contributed by atoms with van der Waals surface area (Å²) in [6.07, 6.45) is 0. The summed E-state index contributed by atoms with van der Waals surface area (Å²) in [5, 5.41) is 0. The summed E-state index contributed by atoms with van der Waals surface area (Å²) < 4.78 is 5.98. The highest BCUT2D eigenvalue weighted by atomic mass is 16.5. The van der Waals surface area contributed by atoms with Gasteiger partial charge in [0.1, 0.15) is 11.5 Å². The van der Waals surface area contributed by atoms with Crippen LogP contribution in [0.1, 0.15) is 36.5 Å². The van der Waals surface area contributed by atoms with Crippen LogP contribution in [0.2, 0.25) is 0 Å². The number of rotatable bonds is 3. The molecule has 19 heavy (non-hydrogen) atoms. The zero-order valence-corrected chi connectivity index (χ0v) is 12.0. The van der Waals surface area contributed by atoms with Gasteiger partial charge in [-0.3, -0.25) is 0 Å². The van der Waals surface area contributed by atoms with Gasteiger partial charge in [-0.25, -0.2) is 0 Å². The molecule has 2 nitrogen and oxygen atoms in total. The molecular weight excluding hydrogens is 234 g/mol. The third-order valence-corrected chi connectivity index (χ3v) is 3.18. The average molecular weight is 255 g/mol. The van der Waals surface area contributed by atoms with Gasteiger partial charge < -0.3 is 10.5 Å². The molecule has 0 spiro atoms. The molecule has 2 aromatic carbocycles. The van der Waals surface area contributed by atoms with Gasteiger partial charge in [-0.1, -0.05) is 26.0 Å². The van der Waals surface area contributed by atoms with Crippen LogP contribution < -0.4 is 10.5 Å². The zero-order chi connectivity index (χ0) is 14.0. The first-order valence-electron chi connectivity index (χ1n) is 6.61. The van der Waals surface area contributed by atoms with Crippen molar-refractivity contribution in [1.82, 2.24) is 0 Å². The Kier molecular flexibility index (Phi) is 3.79. The molecule has 100 valence electrons. The van der Waals surface area contributed by atoms with Crippen LogP contribution in [-0.4, -0.2) is 0 Å². The fourth-order valence-corrected chi connectivity index (χ4v) is 2.05. The molecule has 0 bridgehead atoms. The summed E-state index contributed by atoms with van der Waals surface area (Å²) in [4.78, 5) is 0. The smallest absolute Gasteiger partial charge is 0.130 e. The Morgan fingerprint density at radius 2 is 1.74 bits per heavy atom. The number of nitrogens with two attached hydrogens (primary N) is 1. The van der Waals surface area contributed by atoms with Crippen LogP contribution in [-0.2, 0) is 0 Å². The minimum atomic E-state index is 0.491. The number of aryl methyl sites for hydroxylation is 2. The second kappa shape index (κ2) is 5.35. The molecule has 0 saturated carbocycles. The number of hydrogen-bond donors (Lipinski definition) is 1. The largest absolute Gasteiger partial charge is 0.457 e. The highest BCUT2D eigenvalue weighted by molar-refractivity contribution is 5.49. The monoisotopic (exact) mass is 255 g/mol. The van der Waals surface area contributed by atoms with Crippen molar-refractivity contribution in [3.63, 3.8) is 0 Å². The van der Waals surface area contributed by atoms with E-state index in [-0.39, 0.29) is 0 Å². The van der Waals surface area contributed by atoms with Gasteiger partial charge in [-0.05, 0) is 54.7 Å². The van der Waals surface area contributed by atoms with Crippen LogP contribution in [0.5, 0.6) is 11.5 Å². The Hall–Kier alpha value is -1.96. The van der Waals surface area contributed by atoms with Crippen molar-refractivity contribution in [1.29, 1.82) is 0 Å². The van der Waals surface area contributed by atoms with Gasteiger partial charge in [0.25, 0.3) is 0 Å². The van der Waals surface area contributed by atoms with Crippen LogP contribution in [0.25, 0.3) is 0 Å². The first-order chi connectivity index (χ1) is 8.95. The average Bonchev–Trinajstić information content (AvgIpc) is 2.30. The maximum Gasteiger partial charge on any atom is 0.130 e. The molecule has 0 unspecified atom stereocenters. The molecule has 0 aliphatic carbocycles. The molecule has 0 fully saturated rings. The number of anilines is 1. The van der Waals surface area contributed by atoms with Crippen LogP contribution in [0.3, 0.4) is 0 Å². The third kappa shape index (κ3) is 3.28. The van der Waals surface area contributed by atoms with E-state index in [1.807, 2.05) is 25.1 Å². The molecule has 2 rings (SSSR count). The molecule has 0 atom stereocenters. The molecule has 2 aromatic rings. The van der Waals surface area contributed by atoms with Gasteiger partial charge in [0.15, 0.2) is 0 Å². The molecule has 0 aliphatic rings. The molecule has 0 aromatic heterocycles. The predicted octanol–water partition coefficient (Wildman–Crippen LogP) is 4.80. The molecule has 2 N–H and O–H groups in total. The lowest BCUT2D eigenvalue weighted by molar-refractivity contribution is 0.477. The molecule has 0 aliphatic heterocycles. The SMILES string of the molecule is Cc1cc(N)cc(Oc2cc(C(C)C)ccc2C)c1. The maximum atomic E-state index is 5.98. The Labute approximate surface area is 115 Å². The van der Waals surface area contributed by atoms with E-state index in [1.54, 1.807) is 0 Å². The summed E-state index contributed by atoms with van der Waals surface area (Å²) in [5.74, 6) is 2.18. The van der Waals surface area contributed by atoms with Crippen LogP contribution in [0, 0.1) is 13.8 Å². The standard InChI is InChI=1S/C17H21NO/c1-11(2)14-6-5-13(4)17(9-14)19-16-8-12(3)7-15(18)10-16/h5-11H,18H2,1-4H3. The lowest BCUT2D eigenvalue weighted by atomic mass is 10.0. The van der Waals surface area contributed by atoms with Crippen molar-refractivity contribution in [3.05, 3.63) is 53.1 Å². The van der Waals surface area contributed by atoms with Crippen LogP contribution in [0.4, 0.5) is 5.69 Å². The Bertz CT molecular complexity index is 568. The number of ether oxygens (including phenoxy) is 1. The lowest BCUT2D eigenvalue weighted by Crippen LogP contribution is -1.94. The molecule has 0 heterocycles. The van der Waals surface area contributed by atoms with Crippen molar-refractivity contribution < 1.29 is 4.74 Å². The van der Waals surface area contributed by atoms with Gasteiger partial charge in [0.2, 0.25) is 0 Å². The minimum Gasteiger partial charge on any atom is -0.457 e. The summed E-state index contributed by atoms with van der Waals surface area (Å²) in [6.45, 7) is 8.43. The maximum absolute atomic E-state index is 5.98. The van der Waals surface area contributed by atoms with Crippen molar-refractivity contribution in [2.45, 2.75) is 33.6 Å². The van der Waals surface area contributed by atoms with E-state index in [1.165, 1.54) is 5.56 Å². The summed E-state index contributed by atoms with van der Waals surface area (Å²) >= 11 is 0. The Balaban J connectivity index is 2.34. The summed E-state index contributed by atoms with van der Waals surface area (Å²) in [7, 11) is 0. The Morgan fingerprint density at radius 1 is 1.00 bits per heavy atom.